The average molecular weight is 631 g/mol. The zero-order chi connectivity index (χ0) is 31.9. The first-order chi connectivity index (χ1) is 20.2. The fourth-order valence-electron chi connectivity index (χ4n) is 6.09. The van der Waals surface area contributed by atoms with Gasteiger partial charge in [-0.05, 0) is 30.7 Å². The SMILES string of the molecule is COCCCNC1N[C@H](C(C)(C)C)N=CC1C(O)N(CC(C)C)[C@@H]1CNC[C@H](C(=O)N2CCN(S(=O)(=O)N(C)C)CC2)C1. The van der Waals surface area contributed by atoms with Crippen molar-refractivity contribution >= 4 is 22.3 Å². The van der Waals surface area contributed by atoms with E-state index in [1.165, 1.54) is 22.7 Å². The molecule has 13 nitrogen and oxygen atoms in total. The molecule has 0 aliphatic carbocycles. The Kier molecular flexibility index (Phi) is 13.4. The van der Waals surface area contributed by atoms with E-state index < -0.39 is 16.4 Å². The van der Waals surface area contributed by atoms with Gasteiger partial charge in [0.25, 0.3) is 10.2 Å². The minimum absolute atomic E-state index is 0.0432. The third-order valence-electron chi connectivity index (χ3n) is 8.58. The van der Waals surface area contributed by atoms with Crippen LogP contribution in [-0.4, -0.2) is 149 Å². The summed E-state index contributed by atoms with van der Waals surface area (Å²) in [6, 6.07) is -0.0432. The summed E-state index contributed by atoms with van der Waals surface area (Å²) >= 11 is 0. The summed E-state index contributed by atoms with van der Waals surface area (Å²) in [6.07, 6.45) is 2.34. The highest BCUT2D eigenvalue weighted by Crippen LogP contribution is 2.28. The van der Waals surface area contributed by atoms with E-state index in [-0.39, 0.29) is 54.6 Å². The Balaban J connectivity index is 1.72. The van der Waals surface area contributed by atoms with Crippen LogP contribution in [0.1, 0.15) is 47.5 Å². The average Bonchev–Trinajstić information content (AvgIpc) is 2.96. The van der Waals surface area contributed by atoms with Crippen molar-refractivity contribution < 1.29 is 23.1 Å². The number of piperidine rings is 1. The van der Waals surface area contributed by atoms with Gasteiger partial charge >= 0.3 is 0 Å². The lowest BCUT2D eigenvalue weighted by Gasteiger charge is -2.46. The maximum atomic E-state index is 13.6. The Morgan fingerprint density at radius 2 is 1.86 bits per heavy atom. The second kappa shape index (κ2) is 15.9. The van der Waals surface area contributed by atoms with Crippen LogP contribution in [0.2, 0.25) is 0 Å². The monoisotopic (exact) mass is 630 g/mol. The molecule has 0 saturated carbocycles. The number of aliphatic imine (C=N–C) groups is 1. The van der Waals surface area contributed by atoms with Crippen molar-refractivity contribution in [2.24, 2.45) is 28.2 Å². The summed E-state index contributed by atoms with van der Waals surface area (Å²) in [7, 11) is 1.25. The largest absolute Gasteiger partial charge is 0.385 e. The molecule has 3 aliphatic heterocycles. The van der Waals surface area contributed by atoms with E-state index in [0.29, 0.717) is 51.7 Å². The van der Waals surface area contributed by atoms with Gasteiger partial charge in [0.15, 0.2) is 0 Å². The number of methoxy groups -OCH3 is 1. The number of amides is 1. The molecule has 0 aromatic rings. The van der Waals surface area contributed by atoms with Gasteiger partial charge in [0.2, 0.25) is 5.91 Å². The molecule has 0 radical (unpaired) electrons. The van der Waals surface area contributed by atoms with E-state index in [9.17, 15) is 18.3 Å². The molecule has 2 saturated heterocycles. The molecule has 43 heavy (non-hydrogen) atoms. The Morgan fingerprint density at radius 3 is 2.44 bits per heavy atom. The van der Waals surface area contributed by atoms with E-state index in [1.54, 1.807) is 12.0 Å². The number of carbonyl (C=O) groups excluding carboxylic acids is 1. The molecular weight excluding hydrogens is 572 g/mol. The number of nitrogens with zero attached hydrogens (tertiary/aromatic N) is 5. The van der Waals surface area contributed by atoms with Crippen LogP contribution in [0.4, 0.5) is 0 Å². The third kappa shape index (κ3) is 9.63. The van der Waals surface area contributed by atoms with Crippen molar-refractivity contribution in [1.29, 1.82) is 0 Å². The third-order valence-corrected chi connectivity index (χ3v) is 10.5. The van der Waals surface area contributed by atoms with Crippen LogP contribution in [0.3, 0.4) is 0 Å². The normalized spacial score (nSPS) is 28.7. The van der Waals surface area contributed by atoms with Crippen LogP contribution in [0.15, 0.2) is 4.99 Å². The summed E-state index contributed by atoms with van der Waals surface area (Å²) in [4.78, 5) is 22.4. The van der Waals surface area contributed by atoms with E-state index in [4.69, 9.17) is 9.73 Å². The number of hydrogen-bond acceptors (Lipinski definition) is 10. The molecule has 6 atom stereocenters. The first kappa shape index (κ1) is 36.2. The van der Waals surface area contributed by atoms with Crippen molar-refractivity contribution in [3.63, 3.8) is 0 Å². The summed E-state index contributed by atoms with van der Waals surface area (Å²) in [5.74, 6) is -0.183. The minimum atomic E-state index is -3.50. The molecule has 0 bridgehead atoms. The van der Waals surface area contributed by atoms with Crippen LogP contribution < -0.4 is 16.0 Å². The molecule has 2 fully saturated rings. The van der Waals surface area contributed by atoms with Crippen molar-refractivity contribution in [3.05, 3.63) is 0 Å². The lowest BCUT2D eigenvalue weighted by molar-refractivity contribution is -0.139. The lowest BCUT2D eigenvalue weighted by atomic mass is 9.88. The zero-order valence-corrected chi connectivity index (χ0v) is 28.4. The van der Waals surface area contributed by atoms with Crippen molar-refractivity contribution in [2.45, 2.75) is 72.1 Å². The Labute approximate surface area is 259 Å². The summed E-state index contributed by atoms with van der Waals surface area (Å²) in [5.41, 5.74) is -0.0838. The van der Waals surface area contributed by atoms with E-state index in [2.05, 4.69) is 55.5 Å². The van der Waals surface area contributed by atoms with Gasteiger partial charge in [-0.3, -0.25) is 20.0 Å². The van der Waals surface area contributed by atoms with Gasteiger partial charge in [0.1, 0.15) is 12.4 Å². The number of nitrogens with one attached hydrogen (secondary N) is 3. The molecule has 4 N–H and O–H groups in total. The maximum Gasteiger partial charge on any atom is 0.281 e. The fraction of sp³-hybridized carbons (Fsp3) is 0.931. The van der Waals surface area contributed by atoms with Crippen LogP contribution >= 0.6 is 0 Å². The van der Waals surface area contributed by atoms with Crippen molar-refractivity contribution in [2.75, 3.05) is 80.2 Å². The number of hydrogen-bond donors (Lipinski definition) is 4. The standard InChI is InChI=1S/C29H58N8O5S/c1-21(2)20-37(27(39)24-19-32-28(29(3,4)5)33-25(24)31-10-9-15-42-8)23-16-22(17-30-18-23)26(38)35-11-13-36(14-12-35)43(40,41)34(6)7/h19,21-25,27-28,30-31,33,39H,9-18,20H2,1-8H3/t22-,23+,24?,25?,27?,28-/m1/s1. The molecule has 250 valence electrons. The molecule has 3 heterocycles. The lowest BCUT2D eigenvalue weighted by Crippen LogP contribution is -2.65. The Morgan fingerprint density at radius 1 is 1.19 bits per heavy atom. The number of piperazine rings is 1. The molecule has 0 aromatic carbocycles. The van der Waals surface area contributed by atoms with E-state index in [0.717, 1.165) is 13.0 Å². The Bertz CT molecular complexity index is 1010. The quantitative estimate of drug-likeness (QED) is 0.161. The number of aliphatic hydroxyl groups is 1. The number of aliphatic hydroxyl groups excluding tert-OH is 1. The first-order valence-electron chi connectivity index (χ1n) is 15.8. The van der Waals surface area contributed by atoms with Crippen LogP contribution in [0, 0.1) is 23.2 Å². The number of carbonyl (C=O) groups is 1. The van der Waals surface area contributed by atoms with Crippen LogP contribution in [0.25, 0.3) is 0 Å². The van der Waals surface area contributed by atoms with Crippen LogP contribution in [0.5, 0.6) is 0 Å². The van der Waals surface area contributed by atoms with Crippen molar-refractivity contribution in [1.82, 2.24) is 34.4 Å². The van der Waals surface area contributed by atoms with Gasteiger partial charge in [0.05, 0.1) is 18.0 Å². The molecule has 3 unspecified atom stereocenters. The fourth-order valence-corrected chi connectivity index (χ4v) is 7.18. The number of ether oxygens (including phenoxy) is 1. The van der Waals surface area contributed by atoms with Gasteiger partial charge in [-0.2, -0.15) is 17.0 Å². The van der Waals surface area contributed by atoms with Gasteiger partial charge in [0, 0.05) is 85.9 Å². The topological polar surface area (TPSA) is 142 Å². The van der Waals surface area contributed by atoms with Gasteiger partial charge < -0.3 is 25.4 Å². The molecular formula is C29H58N8O5S. The smallest absolute Gasteiger partial charge is 0.281 e. The zero-order valence-electron chi connectivity index (χ0n) is 27.6. The maximum absolute atomic E-state index is 13.6. The summed E-state index contributed by atoms with van der Waals surface area (Å²) in [5, 5.41) is 22.7. The Hall–Kier alpha value is -1.23. The van der Waals surface area contributed by atoms with Gasteiger partial charge in [-0.15, -0.1) is 0 Å². The highest BCUT2D eigenvalue weighted by atomic mass is 32.2. The molecule has 0 spiro atoms. The van der Waals surface area contributed by atoms with Gasteiger partial charge in [-0.1, -0.05) is 34.6 Å². The first-order valence-corrected chi connectivity index (χ1v) is 17.2. The van der Waals surface area contributed by atoms with E-state index >= 15 is 0 Å². The predicted molar refractivity (Wildman–Crippen MR) is 170 cm³/mol. The highest BCUT2D eigenvalue weighted by molar-refractivity contribution is 7.86. The summed E-state index contributed by atoms with van der Waals surface area (Å²) < 4.78 is 32.9. The molecule has 1 amide bonds. The second-order valence-electron chi connectivity index (χ2n) is 13.9. The minimum Gasteiger partial charge on any atom is -0.385 e. The van der Waals surface area contributed by atoms with Crippen molar-refractivity contribution in [3.8, 4) is 0 Å². The molecule has 3 aliphatic rings. The van der Waals surface area contributed by atoms with Crippen LogP contribution in [-0.2, 0) is 19.7 Å². The van der Waals surface area contributed by atoms with Gasteiger partial charge in [-0.25, -0.2) is 0 Å². The number of rotatable bonds is 13. The highest BCUT2D eigenvalue weighted by Gasteiger charge is 2.42. The molecule has 14 heteroatoms. The molecule has 0 aromatic heterocycles. The van der Waals surface area contributed by atoms with E-state index in [1.807, 2.05) is 6.21 Å². The molecule has 3 rings (SSSR count). The predicted octanol–water partition coefficient (Wildman–Crippen LogP) is -0.194. The summed E-state index contributed by atoms with van der Waals surface area (Å²) in [6.45, 7) is 15.4. The second-order valence-corrected chi connectivity index (χ2v) is 16.0.